The predicted molar refractivity (Wildman–Crippen MR) is 54.2 cm³/mol. The first-order chi connectivity index (χ1) is 6.80. The first-order valence-electron chi connectivity index (χ1n) is 4.51. The lowest BCUT2D eigenvalue weighted by Gasteiger charge is -2.32. The average molecular weight is 234 g/mol. The van der Waals surface area contributed by atoms with Gasteiger partial charge in [0.1, 0.15) is 0 Å². The summed E-state index contributed by atoms with van der Waals surface area (Å²) in [5.74, 6) is -0.313. The number of hydrogen-bond donors (Lipinski definition) is 2. The topological polar surface area (TPSA) is 86.7 Å². The van der Waals surface area contributed by atoms with E-state index >= 15 is 0 Å². The van der Waals surface area contributed by atoms with Gasteiger partial charge < -0.3 is 10.2 Å². The van der Waals surface area contributed by atoms with Crippen molar-refractivity contribution in [3.8, 4) is 0 Å². The molecule has 1 aliphatic rings. The van der Waals surface area contributed by atoms with Crippen LogP contribution in [0.5, 0.6) is 0 Å². The molecule has 0 aromatic heterocycles. The van der Waals surface area contributed by atoms with Crippen LogP contribution in [-0.4, -0.2) is 35.8 Å². The Morgan fingerprint density at radius 2 is 2.20 bits per heavy atom. The molecule has 6 nitrogen and oxygen atoms in total. The lowest BCUT2D eigenvalue weighted by Crippen LogP contribution is -2.53. The molecular formula is C8H14N2O4S. The standard InChI is InChI=1S/C8H14N2O4S/c1-6(2)5-10-4-3-7(11)9-8(10)15(12,13)14/h3-4,6,8H,5H2,1-2H3,(H,9,11)(H,12,13,14). The van der Waals surface area contributed by atoms with Crippen molar-refractivity contribution in [3.05, 3.63) is 12.3 Å². The molecule has 0 radical (unpaired) electrons. The lowest BCUT2D eigenvalue weighted by molar-refractivity contribution is -0.118. The SMILES string of the molecule is CC(C)CN1C=CC(=O)NC1S(=O)(=O)O. The molecule has 0 saturated carbocycles. The minimum absolute atomic E-state index is 0.217. The Bertz CT molecular complexity index is 374. The van der Waals surface area contributed by atoms with Gasteiger partial charge in [-0.1, -0.05) is 13.8 Å². The molecule has 1 amide bonds. The Kier molecular flexibility index (Phi) is 3.35. The van der Waals surface area contributed by atoms with Gasteiger partial charge in [0.15, 0.2) is 0 Å². The van der Waals surface area contributed by atoms with Gasteiger partial charge in [0.05, 0.1) is 0 Å². The van der Waals surface area contributed by atoms with Crippen LogP contribution >= 0.6 is 0 Å². The highest BCUT2D eigenvalue weighted by atomic mass is 32.2. The van der Waals surface area contributed by atoms with Crippen molar-refractivity contribution in [1.29, 1.82) is 0 Å². The summed E-state index contributed by atoms with van der Waals surface area (Å²) < 4.78 is 30.9. The molecule has 1 heterocycles. The van der Waals surface area contributed by atoms with E-state index in [2.05, 4.69) is 5.32 Å². The molecular weight excluding hydrogens is 220 g/mol. The van der Waals surface area contributed by atoms with Crippen molar-refractivity contribution >= 4 is 16.0 Å². The van der Waals surface area contributed by atoms with E-state index in [-0.39, 0.29) is 5.92 Å². The van der Waals surface area contributed by atoms with Crippen molar-refractivity contribution in [1.82, 2.24) is 10.2 Å². The van der Waals surface area contributed by atoms with E-state index in [1.807, 2.05) is 13.8 Å². The minimum Gasteiger partial charge on any atom is -0.343 e. The molecule has 1 atom stereocenters. The van der Waals surface area contributed by atoms with Crippen molar-refractivity contribution < 1.29 is 17.8 Å². The van der Waals surface area contributed by atoms with Gasteiger partial charge in [-0.2, -0.15) is 8.42 Å². The molecule has 0 spiro atoms. The van der Waals surface area contributed by atoms with E-state index in [9.17, 15) is 13.2 Å². The number of carbonyl (C=O) groups excluding carboxylic acids is 1. The molecule has 0 fully saturated rings. The normalized spacial score (nSPS) is 22.0. The van der Waals surface area contributed by atoms with Crippen LogP contribution in [0.25, 0.3) is 0 Å². The van der Waals surface area contributed by atoms with Crippen LogP contribution in [-0.2, 0) is 14.9 Å². The van der Waals surface area contributed by atoms with Gasteiger partial charge in [-0.05, 0) is 5.92 Å². The quantitative estimate of drug-likeness (QED) is 0.658. The largest absolute Gasteiger partial charge is 0.343 e. The third-order valence-electron chi connectivity index (χ3n) is 1.84. The Morgan fingerprint density at radius 1 is 1.60 bits per heavy atom. The molecule has 0 aromatic carbocycles. The summed E-state index contributed by atoms with van der Waals surface area (Å²) in [6, 6.07) is 0. The van der Waals surface area contributed by atoms with Crippen LogP contribution in [0.4, 0.5) is 0 Å². The molecule has 86 valence electrons. The average Bonchev–Trinajstić information content (AvgIpc) is 2.05. The summed E-state index contributed by atoms with van der Waals surface area (Å²) >= 11 is 0. The van der Waals surface area contributed by atoms with E-state index in [0.29, 0.717) is 6.54 Å². The van der Waals surface area contributed by atoms with Crippen LogP contribution in [0, 0.1) is 5.92 Å². The van der Waals surface area contributed by atoms with Crippen molar-refractivity contribution in [2.75, 3.05) is 6.54 Å². The van der Waals surface area contributed by atoms with Gasteiger partial charge in [0, 0.05) is 18.8 Å². The van der Waals surface area contributed by atoms with Crippen molar-refractivity contribution in [3.63, 3.8) is 0 Å². The van der Waals surface area contributed by atoms with E-state index in [0.717, 1.165) is 0 Å². The molecule has 0 saturated heterocycles. The molecule has 1 rings (SSSR count). The van der Waals surface area contributed by atoms with E-state index in [1.165, 1.54) is 17.2 Å². The van der Waals surface area contributed by atoms with Gasteiger partial charge >= 0.3 is 10.1 Å². The summed E-state index contributed by atoms with van der Waals surface area (Å²) in [6.07, 6.45) is 2.60. The number of nitrogens with one attached hydrogen (secondary N) is 1. The third-order valence-corrected chi connectivity index (χ3v) is 2.80. The number of rotatable bonds is 3. The van der Waals surface area contributed by atoms with Crippen LogP contribution in [0.2, 0.25) is 0 Å². The number of amides is 1. The zero-order chi connectivity index (χ0) is 11.6. The fourth-order valence-corrected chi connectivity index (χ4v) is 2.08. The maximum Gasteiger partial charge on any atom is 0.306 e. The van der Waals surface area contributed by atoms with Crippen molar-refractivity contribution in [2.45, 2.75) is 19.3 Å². The predicted octanol–water partition coefficient (Wildman–Crippen LogP) is -0.241. The highest BCUT2D eigenvalue weighted by Gasteiger charge is 2.32. The number of nitrogens with zero attached hydrogens (tertiary/aromatic N) is 1. The second kappa shape index (κ2) is 4.19. The summed E-state index contributed by atoms with van der Waals surface area (Å²) in [7, 11) is -4.31. The zero-order valence-electron chi connectivity index (χ0n) is 8.54. The summed E-state index contributed by atoms with van der Waals surface area (Å²) in [5.41, 5.74) is -1.38. The second-order valence-corrected chi connectivity index (χ2v) is 5.26. The molecule has 0 aromatic rings. The lowest BCUT2D eigenvalue weighted by atomic mass is 10.2. The molecule has 1 unspecified atom stereocenters. The van der Waals surface area contributed by atoms with Crippen molar-refractivity contribution in [2.24, 2.45) is 5.92 Å². The third kappa shape index (κ3) is 3.21. The fourth-order valence-electron chi connectivity index (χ4n) is 1.32. The van der Waals surface area contributed by atoms with Crippen LogP contribution in [0.1, 0.15) is 13.8 Å². The maximum atomic E-state index is 11.0. The number of carbonyl (C=O) groups is 1. The summed E-state index contributed by atoms with van der Waals surface area (Å²) in [5, 5.41) is 2.17. The summed E-state index contributed by atoms with van der Waals surface area (Å²) in [6.45, 7) is 4.25. The molecule has 0 bridgehead atoms. The summed E-state index contributed by atoms with van der Waals surface area (Å²) in [4.78, 5) is 12.3. The van der Waals surface area contributed by atoms with Gasteiger partial charge in [0.25, 0.3) is 0 Å². The Labute approximate surface area is 88.7 Å². The second-order valence-electron chi connectivity index (χ2n) is 3.78. The maximum absolute atomic E-state index is 11.0. The van der Waals surface area contributed by atoms with Crippen LogP contribution < -0.4 is 5.32 Å². The van der Waals surface area contributed by atoms with E-state index < -0.39 is 21.5 Å². The monoisotopic (exact) mass is 234 g/mol. The fraction of sp³-hybridized carbons (Fsp3) is 0.625. The molecule has 7 heteroatoms. The van der Waals surface area contributed by atoms with E-state index in [1.54, 1.807) is 0 Å². The molecule has 1 aliphatic heterocycles. The smallest absolute Gasteiger partial charge is 0.306 e. The van der Waals surface area contributed by atoms with Gasteiger partial charge in [-0.25, -0.2) is 0 Å². The molecule has 15 heavy (non-hydrogen) atoms. The zero-order valence-corrected chi connectivity index (χ0v) is 9.36. The van der Waals surface area contributed by atoms with Crippen LogP contribution in [0.3, 0.4) is 0 Å². The Hall–Kier alpha value is -1.08. The number of hydrogen-bond acceptors (Lipinski definition) is 4. The van der Waals surface area contributed by atoms with Crippen LogP contribution in [0.15, 0.2) is 12.3 Å². The molecule has 0 aliphatic carbocycles. The van der Waals surface area contributed by atoms with Gasteiger partial charge in [-0.3, -0.25) is 9.35 Å². The molecule has 2 N–H and O–H groups in total. The first-order valence-corrected chi connectivity index (χ1v) is 6.02. The van der Waals surface area contributed by atoms with Gasteiger partial charge in [-0.15, -0.1) is 0 Å². The Balaban J connectivity index is 2.91. The van der Waals surface area contributed by atoms with Gasteiger partial charge in [0.2, 0.25) is 11.4 Å². The highest BCUT2D eigenvalue weighted by Crippen LogP contribution is 2.11. The minimum atomic E-state index is -4.31. The highest BCUT2D eigenvalue weighted by molar-refractivity contribution is 7.86. The van der Waals surface area contributed by atoms with E-state index in [4.69, 9.17) is 4.55 Å². The Morgan fingerprint density at radius 3 is 2.67 bits per heavy atom. The first kappa shape index (κ1) is 12.0.